The fraction of sp³-hybridized carbons (Fsp3) is 0.500. The molecular weight excluding hydrogens is 258 g/mol. The molecule has 17 heavy (non-hydrogen) atoms. The highest BCUT2D eigenvalue weighted by Crippen LogP contribution is 2.26. The predicted octanol–water partition coefficient (Wildman–Crippen LogP) is 2.13. The Hall–Kier alpha value is -0.580. The molecule has 1 aliphatic carbocycles. The zero-order valence-corrected chi connectivity index (χ0v) is 11.0. The second-order valence-electron chi connectivity index (χ2n) is 4.63. The molecule has 2 atom stereocenters. The summed E-state index contributed by atoms with van der Waals surface area (Å²) in [6.45, 7) is 0. The summed E-state index contributed by atoms with van der Waals surface area (Å²) in [5, 5.41) is 0.349. The molecule has 3 nitrogen and oxygen atoms in total. The Kier molecular flexibility index (Phi) is 3.76. The van der Waals surface area contributed by atoms with E-state index in [1.165, 1.54) is 0 Å². The van der Waals surface area contributed by atoms with Gasteiger partial charge < -0.3 is 5.73 Å². The first-order valence-corrected chi connectivity index (χ1v) is 7.78. The van der Waals surface area contributed by atoms with E-state index in [1.54, 1.807) is 24.3 Å². The van der Waals surface area contributed by atoms with Crippen molar-refractivity contribution < 1.29 is 8.42 Å². The van der Waals surface area contributed by atoms with E-state index in [0.717, 1.165) is 12.0 Å². The van der Waals surface area contributed by atoms with Crippen molar-refractivity contribution in [3.8, 4) is 0 Å². The summed E-state index contributed by atoms with van der Waals surface area (Å²) in [7, 11) is -3.08. The standard InChI is InChI=1S/C12H16ClNO2S/c13-10-3-1-9(2-4-10)8-17(15,16)12-6-5-11(14)7-12/h1-4,11-12H,5-8,14H2. The van der Waals surface area contributed by atoms with Crippen molar-refractivity contribution in [2.24, 2.45) is 5.73 Å². The van der Waals surface area contributed by atoms with Crippen LogP contribution in [-0.4, -0.2) is 19.7 Å². The number of nitrogens with two attached hydrogens (primary N) is 1. The van der Waals surface area contributed by atoms with Crippen LogP contribution in [0.25, 0.3) is 0 Å². The Balaban J connectivity index is 2.09. The average molecular weight is 274 g/mol. The molecule has 1 fully saturated rings. The van der Waals surface area contributed by atoms with Crippen molar-refractivity contribution in [1.82, 2.24) is 0 Å². The fourth-order valence-corrected chi connectivity index (χ4v) is 4.28. The zero-order chi connectivity index (χ0) is 12.5. The maximum absolute atomic E-state index is 12.1. The number of rotatable bonds is 3. The van der Waals surface area contributed by atoms with Gasteiger partial charge in [0.2, 0.25) is 0 Å². The predicted molar refractivity (Wildman–Crippen MR) is 69.7 cm³/mol. The number of benzene rings is 1. The Bertz CT molecular complexity index is 484. The second-order valence-corrected chi connectivity index (χ2v) is 7.35. The quantitative estimate of drug-likeness (QED) is 0.918. The van der Waals surface area contributed by atoms with Gasteiger partial charge in [-0.05, 0) is 37.0 Å². The van der Waals surface area contributed by atoms with E-state index in [-0.39, 0.29) is 17.0 Å². The lowest BCUT2D eigenvalue weighted by atomic mass is 10.2. The van der Waals surface area contributed by atoms with E-state index >= 15 is 0 Å². The van der Waals surface area contributed by atoms with Crippen LogP contribution in [0.1, 0.15) is 24.8 Å². The average Bonchev–Trinajstić information content (AvgIpc) is 2.69. The molecule has 0 amide bonds. The molecule has 2 rings (SSSR count). The van der Waals surface area contributed by atoms with Gasteiger partial charge in [-0.2, -0.15) is 0 Å². The minimum absolute atomic E-state index is 0.0417. The fourth-order valence-electron chi connectivity index (χ4n) is 2.23. The Morgan fingerprint density at radius 1 is 1.24 bits per heavy atom. The van der Waals surface area contributed by atoms with E-state index < -0.39 is 9.84 Å². The molecule has 0 radical (unpaired) electrons. The lowest BCUT2D eigenvalue weighted by Gasteiger charge is -2.11. The maximum atomic E-state index is 12.1. The summed E-state index contributed by atoms with van der Waals surface area (Å²) in [6.07, 6.45) is 2.09. The molecule has 0 bridgehead atoms. The SMILES string of the molecule is NC1CCC(S(=O)(=O)Cc2ccc(Cl)cc2)C1. The molecule has 0 aliphatic heterocycles. The summed E-state index contributed by atoms with van der Waals surface area (Å²) in [5.41, 5.74) is 6.54. The molecule has 1 aromatic rings. The molecule has 0 heterocycles. The Morgan fingerprint density at radius 2 is 1.88 bits per heavy atom. The molecule has 94 valence electrons. The highest BCUT2D eigenvalue weighted by atomic mass is 35.5. The minimum atomic E-state index is -3.08. The van der Waals surface area contributed by atoms with Crippen LogP contribution >= 0.6 is 11.6 Å². The molecule has 0 saturated heterocycles. The molecule has 1 saturated carbocycles. The van der Waals surface area contributed by atoms with Gasteiger partial charge in [-0.25, -0.2) is 8.42 Å². The van der Waals surface area contributed by atoms with Crippen LogP contribution in [0.2, 0.25) is 5.02 Å². The molecule has 5 heteroatoms. The molecule has 1 aromatic carbocycles. The van der Waals surface area contributed by atoms with Gasteiger partial charge in [0.15, 0.2) is 9.84 Å². The van der Waals surface area contributed by atoms with E-state index in [0.29, 0.717) is 17.9 Å². The van der Waals surface area contributed by atoms with Crippen LogP contribution in [0.4, 0.5) is 0 Å². The van der Waals surface area contributed by atoms with Crippen LogP contribution in [0.5, 0.6) is 0 Å². The zero-order valence-electron chi connectivity index (χ0n) is 9.47. The van der Waals surface area contributed by atoms with Gasteiger partial charge in [0.25, 0.3) is 0 Å². The summed E-state index contributed by atoms with van der Waals surface area (Å²) in [6, 6.07) is 6.99. The number of sulfone groups is 1. The first-order valence-electron chi connectivity index (χ1n) is 5.69. The minimum Gasteiger partial charge on any atom is -0.328 e. The van der Waals surface area contributed by atoms with Crippen molar-refractivity contribution in [3.05, 3.63) is 34.9 Å². The van der Waals surface area contributed by atoms with Crippen molar-refractivity contribution in [1.29, 1.82) is 0 Å². The number of hydrogen-bond acceptors (Lipinski definition) is 3. The molecule has 1 aliphatic rings. The van der Waals surface area contributed by atoms with Gasteiger partial charge >= 0.3 is 0 Å². The first-order chi connectivity index (χ1) is 7.97. The normalized spacial score (nSPS) is 25.1. The Morgan fingerprint density at radius 3 is 2.41 bits per heavy atom. The molecule has 2 N–H and O–H groups in total. The van der Waals surface area contributed by atoms with Crippen LogP contribution in [-0.2, 0) is 15.6 Å². The number of halogens is 1. The first kappa shape index (κ1) is 12.9. The van der Waals surface area contributed by atoms with Gasteiger partial charge in [-0.1, -0.05) is 23.7 Å². The lowest BCUT2D eigenvalue weighted by molar-refractivity contribution is 0.577. The van der Waals surface area contributed by atoms with Gasteiger partial charge in [-0.3, -0.25) is 0 Å². The summed E-state index contributed by atoms with van der Waals surface area (Å²) < 4.78 is 24.3. The van der Waals surface area contributed by atoms with E-state index in [1.807, 2.05) is 0 Å². The smallest absolute Gasteiger partial charge is 0.157 e. The van der Waals surface area contributed by atoms with Crippen LogP contribution in [0.3, 0.4) is 0 Å². The summed E-state index contributed by atoms with van der Waals surface area (Å²) >= 11 is 5.76. The third-order valence-electron chi connectivity index (χ3n) is 3.21. The van der Waals surface area contributed by atoms with Crippen LogP contribution in [0.15, 0.2) is 24.3 Å². The van der Waals surface area contributed by atoms with E-state index in [4.69, 9.17) is 17.3 Å². The van der Waals surface area contributed by atoms with Gasteiger partial charge in [0, 0.05) is 11.1 Å². The third-order valence-corrected chi connectivity index (χ3v) is 5.65. The number of hydrogen-bond donors (Lipinski definition) is 1. The van der Waals surface area contributed by atoms with E-state index in [9.17, 15) is 8.42 Å². The van der Waals surface area contributed by atoms with E-state index in [2.05, 4.69) is 0 Å². The van der Waals surface area contributed by atoms with Crippen molar-refractivity contribution in [3.63, 3.8) is 0 Å². The monoisotopic (exact) mass is 273 g/mol. The molecule has 0 spiro atoms. The van der Waals surface area contributed by atoms with Crippen LogP contribution < -0.4 is 5.73 Å². The van der Waals surface area contributed by atoms with Gasteiger partial charge in [-0.15, -0.1) is 0 Å². The maximum Gasteiger partial charge on any atom is 0.157 e. The molecule has 2 unspecified atom stereocenters. The second kappa shape index (κ2) is 4.96. The van der Waals surface area contributed by atoms with Gasteiger partial charge in [0.1, 0.15) is 0 Å². The van der Waals surface area contributed by atoms with Crippen LogP contribution in [0, 0.1) is 0 Å². The molecule has 0 aromatic heterocycles. The highest BCUT2D eigenvalue weighted by Gasteiger charge is 2.32. The van der Waals surface area contributed by atoms with Crippen molar-refractivity contribution in [2.75, 3.05) is 0 Å². The summed E-state index contributed by atoms with van der Waals surface area (Å²) in [4.78, 5) is 0. The van der Waals surface area contributed by atoms with Crippen molar-refractivity contribution >= 4 is 21.4 Å². The Labute approximate surface area is 107 Å². The highest BCUT2D eigenvalue weighted by molar-refractivity contribution is 7.91. The largest absolute Gasteiger partial charge is 0.328 e. The third kappa shape index (κ3) is 3.21. The van der Waals surface area contributed by atoms with Crippen molar-refractivity contribution in [2.45, 2.75) is 36.3 Å². The van der Waals surface area contributed by atoms with Gasteiger partial charge in [0.05, 0.1) is 11.0 Å². The topological polar surface area (TPSA) is 60.2 Å². The summed E-state index contributed by atoms with van der Waals surface area (Å²) in [5.74, 6) is 0.0849. The molecular formula is C12H16ClNO2S. The lowest BCUT2D eigenvalue weighted by Crippen LogP contribution is -2.23.